The van der Waals surface area contributed by atoms with E-state index in [0.717, 1.165) is 23.9 Å². The van der Waals surface area contributed by atoms with E-state index in [0.29, 0.717) is 5.41 Å². The minimum absolute atomic E-state index is 0.0443. The second-order valence-electron chi connectivity index (χ2n) is 5.27. The van der Waals surface area contributed by atoms with E-state index < -0.39 is 5.97 Å². The predicted octanol–water partition coefficient (Wildman–Crippen LogP) is 2.60. The Hall–Kier alpha value is -1.04. The maximum atomic E-state index is 10.7. The molecule has 0 unspecified atom stereocenters. The summed E-state index contributed by atoms with van der Waals surface area (Å²) in [6.07, 6.45) is 5.80. The number of carboxylic acid groups (broad SMARTS) is 1. The monoisotopic (exact) mass is 283 g/mol. The van der Waals surface area contributed by atoms with Crippen LogP contribution < -0.4 is 0 Å². The Morgan fingerprint density at radius 1 is 1.42 bits per heavy atom. The van der Waals surface area contributed by atoms with Gasteiger partial charge in [-0.2, -0.15) is 0 Å². The number of hydrogen-bond donors (Lipinski definition) is 1. The van der Waals surface area contributed by atoms with Crippen LogP contribution in [0, 0.1) is 5.41 Å². The molecule has 1 aliphatic carbocycles. The first-order chi connectivity index (χ1) is 9.10. The maximum Gasteiger partial charge on any atom is 0.313 e. The van der Waals surface area contributed by atoms with Crippen LogP contribution in [0.4, 0.5) is 0 Å². The smallest absolute Gasteiger partial charge is 0.313 e. The molecule has 1 aromatic rings. The summed E-state index contributed by atoms with van der Waals surface area (Å²) in [5, 5.41) is 17.9. The largest absolute Gasteiger partial charge is 0.481 e. The van der Waals surface area contributed by atoms with E-state index >= 15 is 0 Å². The van der Waals surface area contributed by atoms with Crippen molar-refractivity contribution in [1.82, 2.24) is 14.8 Å². The van der Waals surface area contributed by atoms with E-state index in [1.165, 1.54) is 37.4 Å². The van der Waals surface area contributed by atoms with Gasteiger partial charge < -0.3 is 9.67 Å². The number of aromatic nitrogens is 3. The third-order valence-electron chi connectivity index (χ3n) is 3.67. The van der Waals surface area contributed by atoms with E-state index in [2.05, 4.69) is 28.6 Å². The molecule has 1 N–H and O–H groups in total. The quantitative estimate of drug-likeness (QED) is 0.743. The lowest BCUT2D eigenvalue weighted by Gasteiger charge is -2.17. The fourth-order valence-corrected chi connectivity index (χ4v) is 3.18. The van der Waals surface area contributed by atoms with Crippen LogP contribution in [0.5, 0.6) is 0 Å². The first kappa shape index (κ1) is 14.4. The maximum absolute atomic E-state index is 10.7. The Labute approximate surface area is 117 Å². The number of nitrogens with zero attached hydrogens (tertiary/aromatic N) is 3. The average molecular weight is 283 g/mol. The van der Waals surface area contributed by atoms with Gasteiger partial charge in [-0.1, -0.05) is 32.0 Å². The number of carbonyl (C=O) groups is 1. The summed E-state index contributed by atoms with van der Waals surface area (Å²) in [5.41, 5.74) is 0.416. The van der Waals surface area contributed by atoms with Crippen molar-refractivity contribution in [3.05, 3.63) is 5.82 Å². The molecule has 0 spiro atoms. The third-order valence-corrected chi connectivity index (χ3v) is 4.62. The Morgan fingerprint density at radius 2 is 2.16 bits per heavy atom. The van der Waals surface area contributed by atoms with Crippen molar-refractivity contribution in [3.8, 4) is 0 Å². The molecule has 0 amide bonds. The van der Waals surface area contributed by atoms with E-state index in [-0.39, 0.29) is 5.75 Å². The summed E-state index contributed by atoms with van der Waals surface area (Å²) in [6.45, 7) is 5.22. The van der Waals surface area contributed by atoms with Crippen molar-refractivity contribution in [2.24, 2.45) is 5.41 Å². The molecule has 1 fully saturated rings. The second-order valence-corrected chi connectivity index (χ2v) is 6.21. The number of rotatable bonds is 8. The van der Waals surface area contributed by atoms with Gasteiger partial charge in [0, 0.05) is 13.0 Å². The highest BCUT2D eigenvalue weighted by atomic mass is 32.2. The van der Waals surface area contributed by atoms with E-state index in [9.17, 15) is 4.79 Å². The first-order valence-corrected chi connectivity index (χ1v) is 7.85. The van der Waals surface area contributed by atoms with Crippen molar-refractivity contribution in [2.75, 3.05) is 5.75 Å². The molecule has 0 aromatic carbocycles. The molecule has 6 heteroatoms. The number of carboxylic acids is 1. The van der Waals surface area contributed by atoms with Crippen LogP contribution >= 0.6 is 11.8 Å². The van der Waals surface area contributed by atoms with Gasteiger partial charge in [0.05, 0.1) is 5.75 Å². The molecule has 0 bridgehead atoms. The lowest BCUT2D eigenvalue weighted by molar-refractivity contribution is -0.133. The number of hydrogen-bond acceptors (Lipinski definition) is 4. The molecule has 1 saturated carbocycles. The molecule has 106 valence electrons. The standard InChI is InChI=1S/C13H21N3O2S/c1-3-5-13(6-7-13)9-16-10(4-2)14-15-12(16)19-8-11(17)18/h3-9H2,1-2H3,(H,17,18). The van der Waals surface area contributed by atoms with E-state index in [4.69, 9.17) is 5.11 Å². The summed E-state index contributed by atoms with van der Waals surface area (Å²) in [6, 6.07) is 0. The summed E-state index contributed by atoms with van der Waals surface area (Å²) < 4.78 is 2.14. The second kappa shape index (κ2) is 5.94. The molecule has 1 aromatic heterocycles. The Bertz CT molecular complexity index is 455. The highest BCUT2D eigenvalue weighted by molar-refractivity contribution is 7.99. The van der Waals surface area contributed by atoms with Crippen molar-refractivity contribution in [3.63, 3.8) is 0 Å². The van der Waals surface area contributed by atoms with Crippen molar-refractivity contribution in [1.29, 1.82) is 0 Å². The molecule has 1 heterocycles. The van der Waals surface area contributed by atoms with Crippen LogP contribution in [0.25, 0.3) is 0 Å². The summed E-state index contributed by atoms with van der Waals surface area (Å²) >= 11 is 1.27. The summed E-state index contributed by atoms with van der Waals surface area (Å²) in [5.74, 6) is 0.199. The lowest BCUT2D eigenvalue weighted by Crippen LogP contribution is -2.15. The molecular formula is C13H21N3O2S. The molecule has 0 atom stereocenters. The Balaban J connectivity index is 2.12. The Morgan fingerprint density at radius 3 is 2.68 bits per heavy atom. The molecule has 0 aliphatic heterocycles. The zero-order valence-electron chi connectivity index (χ0n) is 11.6. The highest BCUT2D eigenvalue weighted by Crippen LogP contribution is 2.51. The first-order valence-electron chi connectivity index (χ1n) is 6.87. The van der Waals surface area contributed by atoms with E-state index in [1.54, 1.807) is 0 Å². The van der Waals surface area contributed by atoms with Gasteiger partial charge in [0.25, 0.3) is 0 Å². The Kier molecular flexibility index (Phi) is 4.50. The molecule has 1 aliphatic rings. The lowest BCUT2D eigenvalue weighted by atomic mass is 10.0. The van der Waals surface area contributed by atoms with Gasteiger partial charge in [0.15, 0.2) is 5.16 Å². The zero-order chi connectivity index (χ0) is 13.9. The normalized spacial score (nSPS) is 16.5. The molecule has 2 rings (SSSR count). The van der Waals surface area contributed by atoms with Crippen LogP contribution in [0.2, 0.25) is 0 Å². The highest BCUT2D eigenvalue weighted by Gasteiger charge is 2.42. The predicted molar refractivity (Wildman–Crippen MR) is 74.3 cm³/mol. The fourth-order valence-electron chi connectivity index (χ4n) is 2.50. The van der Waals surface area contributed by atoms with Crippen LogP contribution in [-0.4, -0.2) is 31.6 Å². The van der Waals surface area contributed by atoms with Gasteiger partial charge in [0.2, 0.25) is 0 Å². The molecule has 5 nitrogen and oxygen atoms in total. The van der Waals surface area contributed by atoms with Gasteiger partial charge in [-0.05, 0) is 24.7 Å². The van der Waals surface area contributed by atoms with Gasteiger partial charge in [-0.25, -0.2) is 0 Å². The molecule has 19 heavy (non-hydrogen) atoms. The third kappa shape index (κ3) is 3.49. The minimum atomic E-state index is -0.813. The van der Waals surface area contributed by atoms with Gasteiger partial charge in [-0.3, -0.25) is 4.79 Å². The van der Waals surface area contributed by atoms with Crippen LogP contribution in [-0.2, 0) is 17.8 Å². The zero-order valence-corrected chi connectivity index (χ0v) is 12.4. The SMILES string of the molecule is CCCC1(Cn2c(CC)nnc2SCC(=O)O)CC1. The van der Waals surface area contributed by atoms with Crippen LogP contribution in [0.3, 0.4) is 0 Å². The molecular weight excluding hydrogens is 262 g/mol. The number of thioether (sulfide) groups is 1. The number of aryl methyl sites for hydroxylation is 1. The number of aliphatic carboxylic acids is 1. The van der Waals surface area contributed by atoms with E-state index in [1.807, 2.05) is 0 Å². The van der Waals surface area contributed by atoms with Crippen molar-refractivity contribution < 1.29 is 9.90 Å². The molecule has 0 radical (unpaired) electrons. The van der Waals surface area contributed by atoms with Crippen molar-refractivity contribution >= 4 is 17.7 Å². The summed E-state index contributed by atoms with van der Waals surface area (Å²) in [7, 11) is 0. The van der Waals surface area contributed by atoms with Gasteiger partial charge in [-0.15, -0.1) is 10.2 Å². The van der Waals surface area contributed by atoms with Gasteiger partial charge >= 0.3 is 5.97 Å². The van der Waals surface area contributed by atoms with Crippen molar-refractivity contribution in [2.45, 2.75) is 57.7 Å². The summed E-state index contributed by atoms with van der Waals surface area (Å²) in [4.78, 5) is 10.7. The minimum Gasteiger partial charge on any atom is -0.481 e. The topological polar surface area (TPSA) is 68.0 Å². The van der Waals surface area contributed by atoms with Crippen LogP contribution in [0.15, 0.2) is 5.16 Å². The average Bonchev–Trinajstić information content (AvgIpc) is 3.01. The van der Waals surface area contributed by atoms with Crippen LogP contribution in [0.1, 0.15) is 45.4 Å². The fraction of sp³-hybridized carbons (Fsp3) is 0.769. The molecule has 0 saturated heterocycles. The van der Waals surface area contributed by atoms with Gasteiger partial charge in [0.1, 0.15) is 5.82 Å².